The van der Waals surface area contributed by atoms with Gasteiger partial charge in [-0.05, 0) is 25.0 Å². The Balaban J connectivity index is 1.83. The minimum absolute atomic E-state index is 0.0501. The molecule has 1 aliphatic carbocycles. The van der Waals surface area contributed by atoms with Gasteiger partial charge in [-0.3, -0.25) is 9.59 Å². The number of carbonyl (C=O) groups excluding carboxylic acids is 2. The van der Waals surface area contributed by atoms with Crippen LogP contribution in [-0.2, 0) is 9.59 Å². The summed E-state index contributed by atoms with van der Waals surface area (Å²) < 4.78 is 0. The largest absolute Gasteiger partial charge is 0.372 e. The van der Waals surface area contributed by atoms with E-state index in [-0.39, 0.29) is 29.3 Å². The Labute approximate surface area is 145 Å². The van der Waals surface area contributed by atoms with Gasteiger partial charge in [0.2, 0.25) is 11.8 Å². The van der Waals surface area contributed by atoms with Crippen LogP contribution in [-0.4, -0.2) is 29.8 Å². The van der Waals surface area contributed by atoms with Crippen molar-refractivity contribution in [1.29, 1.82) is 10.5 Å². The molecule has 1 aromatic carbocycles. The Kier molecular flexibility index (Phi) is 3.36. The summed E-state index contributed by atoms with van der Waals surface area (Å²) >= 11 is 0. The number of allylic oxidation sites excluding steroid dienone is 2. The van der Waals surface area contributed by atoms with Crippen LogP contribution in [0.5, 0.6) is 0 Å². The van der Waals surface area contributed by atoms with Crippen LogP contribution in [0.25, 0.3) is 0 Å². The van der Waals surface area contributed by atoms with Gasteiger partial charge in [-0.25, -0.2) is 4.90 Å². The third-order valence-corrected chi connectivity index (χ3v) is 5.74. The number of hydrogen-bond acceptors (Lipinski definition) is 5. The molecule has 0 aromatic heterocycles. The lowest BCUT2D eigenvalue weighted by atomic mass is 9.64. The molecule has 3 heterocycles. The first kappa shape index (κ1) is 15.4. The number of rotatable bonds is 1. The number of hydrogen-bond donors (Lipinski definition) is 0. The topological polar surface area (TPSA) is 88.2 Å². The van der Waals surface area contributed by atoms with Gasteiger partial charge >= 0.3 is 0 Å². The summed E-state index contributed by atoms with van der Waals surface area (Å²) in [5, 5.41) is 18.6. The summed E-state index contributed by atoms with van der Waals surface area (Å²) in [7, 11) is 1.82. The smallest absolute Gasteiger partial charge is 0.239 e. The molecule has 6 heteroatoms. The molecule has 4 atom stereocenters. The quantitative estimate of drug-likeness (QED) is 0.578. The summed E-state index contributed by atoms with van der Waals surface area (Å²) in [6.45, 7) is 0. The lowest BCUT2D eigenvalue weighted by molar-refractivity contribution is -0.129. The fourth-order valence-corrected chi connectivity index (χ4v) is 4.76. The number of benzene rings is 1. The number of nitrogens with zero attached hydrogens (tertiary/aromatic N) is 4. The second kappa shape index (κ2) is 5.46. The van der Waals surface area contributed by atoms with Crippen LogP contribution in [0.15, 0.2) is 41.6 Å². The fourth-order valence-electron chi connectivity index (χ4n) is 4.76. The summed E-state index contributed by atoms with van der Waals surface area (Å²) in [5.74, 6) is -1.51. The van der Waals surface area contributed by atoms with Gasteiger partial charge in [0.1, 0.15) is 17.7 Å². The molecule has 6 nitrogen and oxygen atoms in total. The molecule has 2 bridgehead atoms. The van der Waals surface area contributed by atoms with Crippen molar-refractivity contribution in [2.45, 2.75) is 18.9 Å². The number of anilines is 1. The molecule has 4 aliphatic rings. The van der Waals surface area contributed by atoms with Crippen LogP contribution in [0.3, 0.4) is 0 Å². The third kappa shape index (κ3) is 1.94. The Morgan fingerprint density at radius 3 is 2.32 bits per heavy atom. The van der Waals surface area contributed by atoms with Crippen LogP contribution in [0.2, 0.25) is 0 Å². The van der Waals surface area contributed by atoms with Gasteiger partial charge in [0.05, 0.1) is 17.5 Å². The Hall–Kier alpha value is -3.12. The van der Waals surface area contributed by atoms with Crippen molar-refractivity contribution in [2.75, 3.05) is 11.9 Å². The summed E-state index contributed by atoms with van der Waals surface area (Å²) in [6.07, 6.45) is 1.51. The first-order chi connectivity index (χ1) is 12.1. The number of nitriles is 2. The summed E-state index contributed by atoms with van der Waals surface area (Å²) in [6, 6.07) is 12.7. The van der Waals surface area contributed by atoms with E-state index >= 15 is 0 Å². The highest BCUT2D eigenvalue weighted by molar-refractivity contribution is 6.22. The van der Waals surface area contributed by atoms with E-state index in [1.54, 1.807) is 24.3 Å². The molecule has 3 aliphatic heterocycles. The SMILES string of the molecule is CN1C(=C(C#N)C#N)[C@@H]2CC[C@H]1[C@H]1C(=O)N(c3ccccc3)C(=O)[C@H]12. The molecule has 3 saturated heterocycles. The number of amides is 2. The molecule has 0 radical (unpaired) electrons. The van der Waals surface area contributed by atoms with Gasteiger partial charge in [-0.15, -0.1) is 0 Å². The van der Waals surface area contributed by atoms with Crippen LogP contribution in [0, 0.1) is 40.4 Å². The maximum absolute atomic E-state index is 13.1. The number of carbonyl (C=O) groups is 2. The molecule has 0 N–H and O–H groups in total. The van der Waals surface area contributed by atoms with E-state index in [1.165, 1.54) is 4.90 Å². The van der Waals surface area contributed by atoms with Crippen molar-refractivity contribution < 1.29 is 9.59 Å². The van der Waals surface area contributed by atoms with Crippen LogP contribution < -0.4 is 4.90 Å². The van der Waals surface area contributed by atoms with Gasteiger partial charge in [-0.2, -0.15) is 10.5 Å². The Bertz CT molecular complexity index is 861. The highest BCUT2D eigenvalue weighted by Gasteiger charge is 2.62. The minimum atomic E-state index is -0.477. The molecule has 0 spiro atoms. The van der Waals surface area contributed by atoms with Gasteiger partial charge in [0, 0.05) is 24.7 Å². The van der Waals surface area contributed by atoms with E-state index in [4.69, 9.17) is 0 Å². The second-order valence-corrected chi connectivity index (χ2v) is 6.74. The third-order valence-electron chi connectivity index (χ3n) is 5.74. The molecule has 1 aromatic rings. The Morgan fingerprint density at radius 2 is 1.68 bits per heavy atom. The monoisotopic (exact) mass is 332 g/mol. The molecule has 25 heavy (non-hydrogen) atoms. The average molecular weight is 332 g/mol. The normalized spacial score (nSPS) is 30.1. The van der Waals surface area contributed by atoms with Gasteiger partial charge in [-0.1, -0.05) is 18.2 Å². The zero-order valence-electron chi connectivity index (χ0n) is 13.7. The second-order valence-electron chi connectivity index (χ2n) is 6.74. The van der Waals surface area contributed by atoms with E-state index in [0.29, 0.717) is 11.4 Å². The zero-order chi connectivity index (χ0) is 17.7. The zero-order valence-corrected chi connectivity index (χ0v) is 13.7. The lowest BCUT2D eigenvalue weighted by Crippen LogP contribution is -2.56. The molecule has 1 saturated carbocycles. The predicted molar refractivity (Wildman–Crippen MR) is 88.4 cm³/mol. The van der Waals surface area contributed by atoms with Crippen LogP contribution >= 0.6 is 0 Å². The van der Waals surface area contributed by atoms with Crippen molar-refractivity contribution in [3.05, 3.63) is 41.6 Å². The molecule has 2 amide bonds. The maximum atomic E-state index is 13.1. The van der Waals surface area contributed by atoms with Crippen LogP contribution in [0.1, 0.15) is 12.8 Å². The van der Waals surface area contributed by atoms with Crippen LogP contribution in [0.4, 0.5) is 5.69 Å². The van der Waals surface area contributed by atoms with Crippen molar-refractivity contribution in [3.8, 4) is 12.1 Å². The minimum Gasteiger partial charge on any atom is -0.372 e. The number of para-hydroxylation sites is 1. The van der Waals surface area contributed by atoms with E-state index in [1.807, 2.05) is 30.2 Å². The number of imide groups is 1. The Morgan fingerprint density at radius 1 is 1.04 bits per heavy atom. The van der Waals surface area contributed by atoms with Crippen molar-refractivity contribution in [3.63, 3.8) is 0 Å². The molecular weight excluding hydrogens is 316 g/mol. The number of fused-ring (bicyclic) bond motifs is 2. The fraction of sp³-hybridized carbons (Fsp3) is 0.368. The van der Waals surface area contributed by atoms with E-state index in [0.717, 1.165) is 12.8 Å². The molecule has 5 rings (SSSR count). The predicted octanol–water partition coefficient (Wildman–Crippen LogP) is 1.82. The molecule has 4 fully saturated rings. The van der Waals surface area contributed by atoms with E-state index in [9.17, 15) is 20.1 Å². The van der Waals surface area contributed by atoms with Gasteiger partial charge in [0.15, 0.2) is 0 Å². The maximum Gasteiger partial charge on any atom is 0.239 e. The van der Waals surface area contributed by atoms with Gasteiger partial charge < -0.3 is 4.90 Å². The highest BCUT2D eigenvalue weighted by atomic mass is 16.2. The lowest BCUT2D eigenvalue weighted by Gasteiger charge is -2.51. The van der Waals surface area contributed by atoms with Gasteiger partial charge in [0.25, 0.3) is 0 Å². The van der Waals surface area contributed by atoms with Crippen molar-refractivity contribution >= 4 is 17.5 Å². The average Bonchev–Trinajstić information content (AvgIpc) is 2.91. The molecular formula is C19H16N4O2. The first-order valence-electron chi connectivity index (χ1n) is 8.30. The first-order valence-corrected chi connectivity index (χ1v) is 8.30. The standard InChI is InChI=1S/C19H16N4O2/c1-22-14-8-7-13(17(22)11(9-20)10-21)15-16(14)19(25)23(18(15)24)12-5-3-2-4-6-12/h2-6,13-16H,7-8H2,1H3/t13-,14+,15+,16-/m1/s1. The summed E-state index contributed by atoms with van der Waals surface area (Å²) in [5.41, 5.74) is 1.26. The van der Waals surface area contributed by atoms with E-state index in [2.05, 4.69) is 0 Å². The highest BCUT2D eigenvalue weighted by Crippen LogP contribution is 2.53. The molecule has 0 unspecified atom stereocenters. The van der Waals surface area contributed by atoms with E-state index < -0.39 is 11.8 Å². The molecule has 124 valence electrons. The van der Waals surface area contributed by atoms with Crippen molar-refractivity contribution in [1.82, 2.24) is 4.90 Å². The summed E-state index contributed by atoms with van der Waals surface area (Å²) in [4.78, 5) is 29.3. The van der Waals surface area contributed by atoms with Crippen molar-refractivity contribution in [2.24, 2.45) is 17.8 Å². The number of piperidine rings is 2.